The Balaban J connectivity index is 2.08. The fourth-order valence-corrected chi connectivity index (χ4v) is 0.939. The van der Waals surface area contributed by atoms with Crippen LogP contribution in [0.5, 0.6) is 0 Å². The Morgan fingerprint density at radius 1 is 1.33 bits per heavy atom. The molecule has 2 nitrogen and oxygen atoms in total. The van der Waals surface area contributed by atoms with Gasteiger partial charge in [-0.15, -0.1) is 0 Å². The lowest BCUT2D eigenvalue weighted by Gasteiger charge is -2.22. The van der Waals surface area contributed by atoms with Gasteiger partial charge in [0.15, 0.2) is 6.29 Å². The van der Waals surface area contributed by atoms with Gasteiger partial charge in [0.2, 0.25) is 0 Å². The van der Waals surface area contributed by atoms with E-state index in [1.165, 1.54) is 0 Å². The molecule has 1 aliphatic rings. The minimum Gasteiger partial charge on any atom is -0.353 e. The third-order valence-corrected chi connectivity index (χ3v) is 1.42. The summed E-state index contributed by atoms with van der Waals surface area (Å²) in [5, 5.41) is 0. The Kier molecular flexibility index (Phi) is 3.08. The number of ether oxygens (including phenoxy) is 2. The predicted octanol–water partition coefficient (Wildman–Crippen LogP) is 0.191. The van der Waals surface area contributed by atoms with E-state index in [1.54, 1.807) is 0 Å². The van der Waals surface area contributed by atoms with Gasteiger partial charge in [-0.25, -0.2) is 0 Å². The van der Waals surface area contributed by atoms with Gasteiger partial charge in [-0.1, -0.05) is 6.32 Å². The molecule has 0 unspecified atom stereocenters. The zero-order valence-electron chi connectivity index (χ0n) is 5.93. The molecule has 0 atom stereocenters. The molecule has 0 saturated carbocycles. The van der Waals surface area contributed by atoms with Gasteiger partial charge in [0.05, 0.1) is 13.2 Å². The van der Waals surface area contributed by atoms with Crippen molar-refractivity contribution < 1.29 is 9.47 Å². The first-order valence-electron chi connectivity index (χ1n) is 3.66. The maximum atomic E-state index is 5.30. The Morgan fingerprint density at radius 3 is 2.56 bits per heavy atom. The number of hydrogen-bond acceptors (Lipinski definition) is 2. The highest BCUT2D eigenvalue weighted by Gasteiger charge is 2.11. The maximum Gasteiger partial charge on any atom is 0.156 e. The molecule has 0 radical (unpaired) electrons. The summed E-state index contributed by atoms with van der Waals surface area (Å²) in [7, 11) is 2.14. The average Bonchev–Trinajstić information content (AvgIpc) is 1.91. The summed E-state index contributed by atoms with van der Waals surface area (Å²) in [4.78, 5) is 0. The number of hydrogen-bond donors (Lipinski definition) is 0. The molecule has 1 fully saturated rings. The molecule has 3 heteroatoms. The monoisotopic (exact) mass is 128 g/mol. The van der Waals surface area contributed by atoms with E-state index in [0.29, 0.717) is 0 Å². The topological polar surface area (TPSA) is 18.5 Å². The second-order valence-electron chi connectivity index (χ2n) is 2.31. The van der Waals surface area contributed by atoms with Gasteiger partial charge in [0, 0.05) is 0 Å². The molecule has 1 rings (SSSR count). The summed E-state index contributed by atoms with van der Waals surface area (Å²) in [5.74, 6) is 0. The minimum absolute atomic E-state index is 0.101. The normalized spacial score (nSPS) is 22.2. The molecule has 0 N–H and O–H groups in total. The summed E-state index contributed by atoms with van der Waals surface area (Å²) >= 11 is 0. The molecule has 52 valence electrons. The highest BCUT2D eigenvalue weighted by Crippen LogP contribution is 2.08. The Bertz CT molecular complexity index is 68.7. The standard InChI is InChI=1S/C6H13BO2/c7-3-2-6-8-4-1-5-9-6/h6H,1-5,7H2. The van der Waals surface area contributed by atoms with Crippen LogP contribution in [0.4, 0.5) is 0 Å². The smallest absolute Gasteiger partial charge is 0.156 e. The van der Waals surface area contributed by atoms with E-state index in [4.69, 9.17) is 9.47 Å². The third-order valence-electron chi connectivity index (χ3n) is 1.42. The van der Waals surface area contributed by atoms with E-state index in [9.17, 15) is 0 Å². The first-order valence-corrected chi connectivity index (χ1v) is 3.66. The van der Waals surface area contributed by atoms with E-state index >= 15 is 0 Å². The van der Waals surface area contributed by atoms with Crippen LogP contribution in [0, 0.1) is 0 Å². The molecule has 0 aromatic heterocycles. The van der Waals surface area contributed by atoms with E-state index in [-0.39, 0.29) is 6.29 Å². The Labute approximate surface area is 56.9 Å². The van der Waals surface area contributed by atoms with E-state index in [1.807, 2.05) is 0 Å². The van der Waals surface area contributed by atoms with Gasteiger partial charge in [0.25, 0.3) is 0 Å². The second kappa shape index (κ2) is 3.91. The van der Waals surface area contributed by atoms with Crippen molar-refractivity contribution in [3.05, 3.63) is 0 Å². The highest BCUT2D eigenvalue weighted by molar-refractivity contribution is 6.08. The lowest BCUT2D eigenvalue weighted by atomic mass is 10.0. The number of rotatable bonds is 2. The zero-order valence-corrected chi connectivity index (χ0v) is 5.93. The van der Waals surface area contributed by atoms with Crippen molar-refractivity contribution in [2.24, 2.45) is 0 Å². The van der Waals surface area contributed by atoms with Crippen LogP contribution in [-0.4, -0.2) is 27.4 Å². The van der Waals surface area contributed by atoms with E-state index in [2.05, 4.69) is 7.85 Å². The lowest BCUT2D eigenvalue weighted by molar-refractivity contribution is -0.178. The van der Waals surface area contributed by atoms with Crippen LogP contribution in [0.3, 0.4) is 0 Å². The third kappa shape index (κ3) is 2.37. The minimum atomic E-state index is 0.101. The van der Waals surface area contributed by atoms with Crippen LogP contribution in [0.15, 0.2) is 0 Å². The molecule has 1 aliphatic heterocycles. The average molecular weight is 128 g/mol. The molecule has 0 bridgehead atoms. The van der Waals surface area contributed by atoms with Gasteiger partial charge < -0.3 is 9.47 Å². The molecular formula is C6H13BO2. The van der Waals surface area contributed by atoms with Crippen LogP contribution in [0.2, 0.25) is 6.32 Å². The fourth-order valence-electron chi connectivity index (χ4n) is 0.939. The van der Waals surface area contributed by atoms with Crippen LogP contribution in [0.25, 0.3) is 0 Å². The summed E-state index contributed by atoms with van der Waals surface area (Å²) < 4.78 is 10.6. The van der Waals surface area contributed by atoms with Crippen molar-refractivity contribution in [2.45, 2.75) is 25.5 Å². The van der Waals surface area contributed by atoms with Crippen LogP contribution < -0.4 is 0 Å². The molecule has 1 saturated heterocycles. The zero-order chi connectivity index (χ0) is 6.53. The van der Waals surface area contributed by atoms with Crippen molar-refractivity contribution in [3.63, 3.8) is 0 Å². The molecule has 0 aliphatic carbocycles. The SMILES string of the molecule is BCCC1OCCCO1. The van der Waals surface area contributed by atoms with Gasteiger partial charge >= 0.3 is 0 Å². The van der Waals surface area contributed by atoms with E-state index < -0.39 is 0 Å². The molecule has 1 heterocycles. The highest BCUT2D eigenvalue weighted by atomic mass is 16.7. The first-order chi connectivity index (χ1) is 4.43. The van der Waals surface area contributed by atoms with Crippen molar-refractivity contribution in [2.75, 3.05) is 13.2 Å². The largest absolute Gasteiger partial charge is 0.353 e. The molecule has 0 aromatic rings. The Morgan fingerprint density at radius 2 is 2.00 bits per heavy atom. The second-order valence-corrected chi connectivity index (χ2v) is 2.31. The van der Waals surface area contributed by atoms with Gasteiger partial charge in [-0.05, 0) is 12.8 Å². The fraction of sp³-hybridized carbons (Fsp3) is 1.00. The molecule has 0 aromatic carbocycles. The molecular weight excluding hydrogens is 115 g/mol. The van der Waals surface area contributed by atoms with Crippen LogP contribution in [0.1, 0.15) is 12.8 Å². The summed E-state index contributed by atoms with van der Waals surface area (Å²) in [6.07, 6.45) is 3.34. The van der Waals surface area contributed by atoms with Crippen molar-refractivity contribution >= 4 is 7.85 Å². The van der Waals surface area contributed by atoms with Crippen molar-refractivity contribution in [1.82, 2.24) is 0 Å². The van der Waals surface area contributed by atoms with Crippen LogP contribution >= 0.6 is 0 Å². The predicted molar refractivity (Wildman–Crippen MR) is 38.3 cm³/mol. The molecule has 0 amide bonds. The summed E-state index contributed by atoms with van der Waals surface area (Å²) in [6, 6.07) is 0. The van der Waals surface area contributed by atoms with Crippen LogP contribution in [-0.2, 0) is 9.47 Å². The van der Waals surface area contributed by atoms with Gasteiger partial charge in [0.1, 0.15) is 7.85 Å². The Hall–Kier alpha value is -0.0151. The first kappa shape index (κ1) is 7.10. The summed E-state index contributed by atoms with van der Waals surface area (Å²) in [6.45, 7) is 1.76. The maximum absolute atomic E-state index is 5.30. The quantitative estimate of drug-likeness (QED) is 0.494. The van der Waals surface area contributed by atoms with Gasteiger partial charge in [-0.3, -0.25) is 0 Å². The van der Waals surface area contributed by atoms with Crippen molar-refractivity contribution in [1.29, 1.82) is 0 Å². The lowest BCUT2D eigenvalue weighted by Crippen LogP contribution is -2.24. The summed E-state index contributed by atoms with van der Waals surface area (Å²) in [5.41, 5.74) is 0. The van der Waals surface area contributed by atoms with Gasteiger partial charge in [-0.2, -0.15) is 0 Å². The molecule has 9 heavy (non-hydrogen) atoms. The van der Waals surface area contributed by atoms with Crippen molar-refractivity contribution in [3.8, 4) is 0 Å². The molecule has 0 spiro atoms. The van der Waals surface area contributed by atoms with E-state index in [0.717, 1.165) is 32.4 Å².